The highest BCUT2D eigenvalue weighted by Crippen LogP contribution is 2.14. The molecule has 0 aliphatic rings. The van der Waals surface area contributed by atoms with Crippen LogP contribution in [-0.4, -0.2) is 18.6 Å². The third kappa shape index (κ3) is 1.69. The van der Waals surface area contributed by atoms with Crippen molar-refractivity contribution >= 4 is 6.01 Å². The molecule has 5 heteroatoms. The summed E-state index contributed by atoms with van der Waals surface area (Å²) >= 11 is 0. The van der Waals surface area contributed by atoms with Gasteiger partial charge in [0.05, 0.1) is 0 Å². The molecule has 1 aromatic rings. The first-order chi connectivity index (χ1) is 5.27. The fourth-order valence-electron chi connectivity index (χ4n) is 0.786. The van der Waals surface area contributed by atoms with E-state index in [0.29, 0.717) is 12.2 Å². The number of hydrogen-bond acceptors (Lipinski definition) is 5. The van der Waals surface area contributed by atoms with Gasteiger partial charge in [0.15, 0.2) is 0 Å². The summed E-state index contributed by atoms with van der Waals surface area (Å²) < 4.78 is 9.78. The third-order valence-electron chi connectivity index (χ3n) is 1.37. The molecule has 1 aromatic heterocycles. The average molecular weight is 157 g/mol. The largest absolute Gasteiger partial charge is 0.432 e. The van der Waals surface area contributed by atoms with Crippen LogP contribution in [0.3, 0.4) is 0 Å². The minimum absolute atomic E-state index is 0.135. The topological polar surface area (TPSA) is 87.3 Å². The number of nitrogens with zero attached hydrogens (tertiary/aromatic N) is 1. The van der Waals surface area contributed by atoms with Crippen LogP contribution < -0.4 is 11.5 Å². The first-order valence-electron chi connectivity index (χ1n) is 3.21. The Morgan fingerprint density at radius 3 is 2.91 bits per heavy atom. The fourth-order valence-corrected chi connectivity index (χ4v) is 0.786. The number of hydrogen-bond donors (Lipinski definition) is 2. The summed E-state index contributed by atoms with van der Waals surface area (Å²) in [5, 5.41) is 0. The maximum atomic E-state index is 5.38. The second-order valence-electron chi connectivity index (χ2n) is 2.07. The molecule has 0 bridgehead atoms. The van der Waals surface area contributed by atoms with Gasteiger partial charge >= 0.3 is 0 Å². The molecule has 1 unspecified atom stereocenters. The van der Waals surface area contributed by atoms with Crippen molar-refractivity contribution in [2.75, 3.05) is 19.4 Å². The summed E-state index contributed by atoms with van der Waals surface area (Å²) in [6, 6.07) is 0.135. The second kappa shape index (κ2) is 3.36. The van der Waals surface area contributed by atoms with Gasteiger partial charge in [-0.15, -0.1) is 0 Å². The molecular formula is C6H11N3O2. The van der Waals surface area contributed by atoms with E-state index in [1.807, 2.05) is 0 Å². The Bertz CT molecular complexity index is 219. The number of ether oxygens (including phenoxy) is 1. The normalized spacial score (nSPS) is 13.3. The summed E-state index contributed by atoms with van der Waals surface area (Å²) in [5.41, 5.74) is 11.3. The van der Waals surface area contributed by atoms with E-state index < -0.39 is 0 Å². The molecule has 11 heavy (non-hydrogen) atoms. The highest BCUT2D eigenvalue weighted by molar-refractivity contribution is 5.14. The molecule has 0 amide bonds. The zero-order valence-corrected chi connectivity index (χ0v) is 6.28. The van der Waals surface area contributed by atoms with Crippen molar-refractivity contribution in [3.63, 3.8) is 0 Å². The van der Waals surface area contributed by atoms with Crippen molar-refractivity contribution < 1.29 is 9.15 Å². The number of oxazole rings is 1. The summed E-state index contributed by atoms with van der Waals surface area (Å²) in [5.74, 6) is 0. The molecule has 0 saturated carbocycles. The molecular weight excluding hydrogens is 146 g/mol. The van der Waals surface area contributed by atoms with Gasteiger partial charge in [-0.1, -0.05) is 0 Å². The predicted molar refractivity (Wildman–Crippen MR) is 39.7 cm³/mol. The number of rotatable bonds is 3. The van der Waals surface area contributed by atoms with Gasteiger partial charge < -0.3 is 20.6 Å². The summed E-state index contributed by atoms with van der Waals surface area (Å²) in [4.78, 5) is 3.86. The van der Waals surface area contributed by atoms with Crippen molar-refractivity contribution in [1.82, 2.24) is 4.98 Å². The Balaban J connectivity index is 2.73. The smallest absolute Gasteiger partial charge is 0.292 e. The number of nitrogen functional groups attached to an aromatic ring is 1. The van der Waals surface area contributed by atoms with Gasteiger partial charge in [0.2, 0.25) is 0 Å². The van der Waals surface area contributed by atoms with Crippen LogP contribution in [0.5, 0.6) is 0 Å². The average Bonchev–Trinajstić information content (AvgIpc) is 2.39. The maximum Gasteiger partial charge on any atom is 0.292 e. The van der Waals surface area contributed by atoms with Crippen LogP contribution in [0.4, 0.5) is 6.01 Å². The van der Waals surface area contributed by atoms with Crippen molar-refractivity contribution in [2.45, 2.75) is 6.10 Å². The van der Waals surface area contributed by atoms with E-state index in [9.17, 15) is 0 Å². The van der Waals surface area contributed by atoms with Crippen LogP contribution in [0, 0.1) is 0 Å². The highest BCUT2D eigenvalue weighted by Gasteiger charge is 2.11. The van der Waals surface area contributed by atoms with Gasteiger partial charge in [-0.3, -0.25) is 0 Å². The Morgan fingerprint density at radius 2 is 2.55 bits per heavy atom. The van der Waals surface area contributed by atoms with Crippen molar-refractivity contribution in [3.8, 4) is 0 Å². The quantitative estimate of drug-likeness (QED) is 0.639. The van der Waals surface area contributed by atoms with E-state index in [1.54, 1.807) is 7.11 Å². The van der Waals surface area contributed by atoms with E-state index in [2.05, 4.69) is 4.98 Å². The number of anilines is 1. The third-order valence-corrected chi connectivity index (χ3v) is 1.37. The van der Waals surface area contributed by atoms with Crippen LogP contribution >= 0.6 is 0 Å². The fraction of sp³-hybridized carbons (Fsp3) is 0.500. The Hall–Kier alpha value is -1.07. The van der Waals surface area contributed by atoms with Gasteiger partial charge in [-0.2, -0.15) is 4.98 Å². The van der Waals surface area contributed by atoms with Gasteiger partial charge in [0, 0.05) is 13.7 Å². The minimum Gasteiger partial charge on any atom is -0.432 e. The number of nitrogens with two attached hydrogens (primary N) is 2. The van der Waals surface area contributed by atoms with Crippen molar-refractivity contribution in [3.05, 3.63) is 12.0 Å². The lowest BCUT2D eigenvalue weighted by Crippen LogP contribution is -2.14. The van der Waals surface area contributed by atoms with E-state index in [4.69, 9.17) is 20.6 Å². The minimum atomic E-state index is -0.226. The second-order valence-corrected chi connectivity index (χ2v) is 2.07. The van der Waals surface area contributed by atoms with Crippen LogP contribution in [0.1, 0.15) is 11.8 Å². The molecule has 0 aromatic carbocycles. The molecule has 1 rings (SSSR count). The first kappa shape index (κ1) is 8.03. The Kier molecular flexibility index (Phi) is 2.45. The molecule has 0 radical (unpaired) electrons. The van der Waals surface area contributed by atoms with Crippen LogP contribution in [0.15, 0.2) is 10.7 Å². The summed E-state index contributed by atoms with van der Waals surface area (Å²) in [6.45, 7) is 0.364. The zero-order valence-electron chi connectivity index (χ0n) is 6.28. The lowest BCUT2D eigenvalue weighted by atomic mass is 10.3. The zero-order chi connectivity index (χ0) is 8.27. The molecule has 62 valence electrons. The molecule has 4 N–H and O–H groups in total. The molecule has 0 aliphatic heterocycles. The molecule has 1 heterocycles. The molecule has 5 nitrogen and oxygen atoms in total. The lowest BCUT2D eigenvalue weighted by molar-refractivity contribution is 0.107. The molecule has 0 spiro atoms. The molecule has 0 saturated heterocycles. The Morgan fingerprint density at radius 1 is 1.82 bits per heavy atom. The summed E-state index contributed by atoms with van der Waals surface area (Å²) in [7, 11) is 1.56. The van der Waals surface area contributed by atoms with Gasteiger partial charge in [0.25, 0.3) is 6.01 Å². The van der Waals surface area contributed by atoms with Crippen LogP contribution in [0.25, 0.3) is 0 Å². The van der Waals surface area contributed by atoms with Gasteiger partial charge in [-0.05, 0) is 0 Å². The predicted octanol–water partition coefficient (Wildman–Crippen LogP) is -0.0970. The van der Waals surface area contributed by atoms with Crippen molar-refractivity contribution in [2.24, 2.45) is 5.73 Å². The molecule has 0 fully saturated rings. The Labute approximate surface area is 64.3 Å². The lowest BCUT2D eigenvalue weighted by Gasteiger charge is -2.07. The van der Waals surface area contributed by atoms with Crippen molar-refractivity contribution in [1.29, 1.82) is 0 Å². The van der Waals surface area contributed by atoms with E-state index in [0.717, 1.165) is 0 Å². The standard InChI is InChI=1S/C6H11N3O2/c1-10-5(2-7)4-3-11-6(8)9-4/h3,5H,2,7H2,1H3,(H2,8,9). The molecule has 1 atom stereocenters. The number of aromatic nitrogens is 1. The maximum absolute atomic E-state index is 5.38. The van der Waals surface area contributed by atoms with Gasteiger partial charge in [-0.25, -0.2) is 0 Å². The van der Waals surface area contributed by atoms with Crippen LogP contribution in [-0.2, 0) is 4.74 Å². The van der Waals surface area contributed by atoms with Gasteiger partial charge in [0.1, 0.15) is 18.1 Å². The summed E-state index contributed by atoms with van der Waals surface area (Å²) in [6.07, 6.45) is 1.21. The monoisotopic (exact) mass is 157 g/mol. The van der Waals surface area contributed by atoms with E-state index >= 15 is 0 Å². The SMILES string of the molecule is COC(CN)c1coc(N)n1. The van der Waals surface area contributed by atoms with Crippen LogP contribution in [0.2, 0.25) is 0 Å². The van der Waals surface area contributed by atoms with E-state index in [1.165, 1.54) is 6.26 Å². The van der Waals surface area contributed by atoms with E-state index in [-0.39, 0.29) is 12.1 Å². The first-order valence-corrected chi connectivity index (χ1v) is 3.21. The number of methoxy groups -OCH3 is 1. The highest BCUT2D eigenvalue weighted by atomic mass is 16.5. The molecule has 0 aliphatic carbocycles.